The quantitative estimate of drug-likeness (QED) is 0.585. The van der Waals surface area contributed by atoms with E-state index in [4.69, 9.17) is 9.47 Å². The zero-order valence-corrected chi connectivity index (χ0v) is 7.75. The van der Waals surface area contributed by atoms with Gasteiger partial charge in [0.2, 0.25) is 0 Å². The summed E-state index contributed by atoms with van der Waals surface area (Å²) in [5, 5.41) is 3.17. The second-order valence-electron chi connectivity index (χ2n) is 2.79. The van der Waals surface area contributed by atoms with Crippen molar-refractivity contribution in [3.8, 4) is 0 Å². The van der Waals surface area contributed by atoms with Crippen LogP contribution in [0.25, 0.3) is 0 Å². The van der Waals surface area contributed by atoms with Crippen LogP contribution in [0.2, 0.25) is 0 Å². The van der Waals surface area contributed by atoms with Gasteiger partial charge < -0.3 is 19.5 Å². The molecule has 0 aliphatic carbocycles. The van der Waals surface area contributed by atoms with Crippen LogP contribution in [-0.2, 0) is 19.0 Å². The molecule has 1 aliphatic rings. The zero-order valence-electron chi connectivity index (χ0n) is 7.75. The highest BCUT2D eigenvalue weighted by Crippen LogP contribution is 1.96. The number of methoxy groups -OCH3 is 1. The first-order valence-electron chi connectivity index (χ1n) is 4.30. The third-order valence-electron chi connectivity index (χ3n) is 1.76. The fourth-order valence-corrected chi connectivity index (χ4v) is 1.06. The van der Waals surface area contributed by atoms with E-state index in [9.17, 15) is 4.79 Å². The molecule has 0 spiro atoms. The summed E-state index contributed by atoms with van der Waals surface area (Å²) < 4.78 is 14.9. The minimum atomic E-state index is -0.358. The number of hydrogen-bond acceptors (Lipinski definition) is 5. The molecular weight excluding hydrogens is 174 g/mol. The van der Waals surface area contributed by atoms with Crippen molar-refractivity contribution in [3.63, 3.8) is 0 Å². The van der Waals surface area contributed by atoms with Gasteiger partial charge in [0.1, 0.15) is 6.61 Å². The number of hydrogen-bond donors (Lipinski definition) is 1. The summed E-state index contributed by atoms with van der Waals surface area (Å²) in [7, 11) is 1.34. The van der Waals surface area contributed by atoms with Gasteiger partial charge in [0.05, 0.1) is 26.4 Å². The smallest absolute Gasteiger partial charge is 0.331 e. The average molecular weight is 189 g/mol. The number of nitrogens with one attached hydrogen (secondary N) is 1. The second-order valence-corrected chi connectivity index (χ2v) is 2.79. The van der Waals surface area contributed by atoms with E-state index < -0.39 is 0 Å². The summed E-state index contributed by atoms with van der Waals surface area (Å²) in [5.41, 5.74) is 0. The van der Waals surface area contributed by atoms with Gasteiger partial charge in [-0.25, -0.2) is 4.79 Å². The van der Waals surface area contributed by atoms with Gasteiger partial charge in [-0.2, -0.15) is 0 Å². The van der Waals surface area contributed by atoms with E-state index in [2.05, 4.69) is 10.1 Å². The van der Waals surface area contributed by atoms with E-state index in [0.717, 1.165) is 13.1 Å². The summed E-state index contributed by atoms with van der Waals surface area (Å²) in [4.78, 5) is 10.6. The molecule has 1 N–H and O–H groups in total. The molecule has 76 valence electrons. The first-order valence-corrected chi connectivity index (χ1v) is 4.30. The summed E-state index contributed by atoms with van der Waals surface area (Å²) in [6, 6.07) is 0. The van der Waals surface area contributed by atoms with Gasteiger partial charge in [0, 0.05) is 13.1 Å². The predicted octanol–water partition coefficient (Wildman–Crippen LogP) is -0.836. The van der Waals surface area contributed by atoms with Gasteiger partial charge >= 0.3 is 5.97 Å². The van der Waals surface area contributed by atoms with E-state index in [0.29, 0.717) is 13.2 Å². The number of esters is 1. The molecule has 1 heterocycles. The van der Waals surface area contributed by atoms with E-state index in [1.807, 2.05) is 0 Å². The Morgan fingerprint density at radius 1 is 1.69 bits per heavy atom. The monoisotopic (exact) mass is 189 g/mol. The van der Waals surface area contributed by atoms with Gasteiger partial charge in [0.25, 0.3) is 0 Å². The molecule has 0 saturated carbocycles. The molecule has 0 aromatic heterocycles. The van der Waals surface area contributed by atoms with Crippen molar-refractivity contribution in [3.05, 3.63) is 0 Å². The van der Waals surface area contributed by atoms with Crippen LogP contribution in [0.3, 0.4) is 0 Å². The maximum atomic E-state index is 10.6. The number of carbonyl (C=O) groups is 1. The fraction of sp³-hybridized carbons (Fsp3) is 0.875. The Bertz CT molecular complexity index is 156. The lowest BCUT2D eigenvalue weighted by molar-refractivity contribution is -0.147. The Morgan fingerprint density at radius 3 is 3.15 bits per heavy atom. The molecule has 1 aliphatic heterocycles. The highest BCUT2D eigenvalue weighted by atomic mass is 16.6. The largest absolute Gasteiger partial charge is 0.467 e. The molecule has 1 fully saturated rings. The predicted molar refractivity (Wildman–Crippen MR) is 45.4 cm³/mol. The number of morpholine rings is 1. The van der Waals surface area contributed by atoms with Crippen LogP contribution in [0.5, 0.6) is 0 Å². The Morgan fingerprint density at radius 2 is 2.54 bits per heavy atom. The van der Waals surface area contributed by atoms with E-state index in [1.165, 1.54) is 7.11 Å². The van der Waals surface area contributed by atoms with Crippen molar-refractivity contribution in [2.45, 2.75) is 6.10 Å². The van der Waals surface area contributed by atoms with Crippen molar-refractivity contribution in [2.24, 2.45) is 0 Å². The summed E-state index contributed by atoms with van der Waals surface area (Å²) in [5.74, 6) is -0.358. The Balaban J connectivity index is 2.01. The summed E-state index contributed by atoms with van der Waals surface area (Å²) in [6.07, 6.45) is 0.0541. The van der Waals surface area contributed by atoms with Crippen molar-refractivity contribution in [1.82, 2.24) is 5.32 Å². The maximum absolute atomic E-state index is 10.6. The Kier molecular flexibility index (Phi) is 4.74. The Hall–Kier alpha value is -0.650. The molecular formula is C8H15NO4. The van der Waals surface area contributed by atoms with Crippen molar-refractivity contribution >= 4 is 5.97 Å². The van der Waals surface area contributed by atoms with Crippen LogP contribution in [-0.4, -0.2) is 52.1 Å². The number of ether oxygens (including phenoxy) is 3. The lowest BCUT2D eigenvalue weighted by atomic mass is 10.3. The van der Waals surface area contributed by atoms with Crippen LogP contribution >= 0.6 is 0 Å². The van der Waals surface area contributed by atoms with Gasteiger partial charge in [-0.3, -0.25) is 0 Å². The molecule has 0 bridgehead atoms. The highest BCUT2D eigenvalue weighted by Gasteiger charge is 2.13. The topological polar surface area (TPSA) is 56.8 Å². The molecule has 1 saturated heterocycles. The molecule has 0 aromatic rings. The molecule has 0 amide bonds. The van der Waals surface area contributed by atoms with Crippen LogP contribution in [0.1, 0.15) is 0 Å². The molecule has 1 atom stereocenters. The minimum absolute atomic E-state index is 0.00361. The molecule has 5 nitrogen and oxygen atoms in total. The van der Waals surface area contributed by atoms with Gasteiger partial charge in [-0.1, -0.05) is 0 Å². The lowest BCUT2D eigenvalue weighted by Crippen LogP contribution is -2.41. The Labute approximate surface area is 77.3 Å². The zero-order chi connectivity index (χ0) is 9.52. The minimum Gasteiger partial charge on any atom is -0.467 e. The van der Waals surface area contributed by atoms with Crippen molar-refractivity contribution < 1.29 is 19.0 Å². The van der Waals surface area contributed by atoms with Crippen LogP contribution in [0.15, 0.2) is 0 Å². The first-order chi connectivity index (χ1) is 6.33. The molecule has 0 radical (unpaired) electrons. The standard InChI is InChI=1S/C8H15NO4/c1-11-8(10)6-12-5-7-4-9-2-3-13-7/h7,9H,2-6H2,1H3. The van der Waals surface area contributed by atoms with Crippen molar-refractivity contribution in [1.29, 1.82) is 0 Å². The third-order valence-corrected chi connectivity index (χ3v) is 1.76. The SMILES string of the molecule is COC(=O)COCC1CNCCO1. The molecule has 5 heteroatoms. The molecule has 0 aromatic carbocycles. The van der Waals surface area contributed by atoms with Gasteiger partial charge in [0.15, 0.2) is 0 Å². The van der Waals surface area contributed by atoms with Crippen LogP contribution in [0, 0.1) is 0 Å². The average Bonchev–Trinajstić information content (AvgIpc) is 2.19. The van der Waals surface area contributed by atoms with Gasteiger partial charge in [-0.05, 0) is 0 Å². The summed E-state index contributed by atoms with van der Waals surface area (Å²) in [6.45, 7) is 2.79. The maximum Gasteiger partial charge on any atom is 0.331 e. The first kappa shape index (κ1) is 10.4. The van der Waals surface area contributed by atoms with Crippen molar-refractivity contribution in [2.75, 3.05) is 40.0 Å². The normalized spacial score (nSPS) is 22.7. The molecule has 13 heavy (non-hydrogen) atoms. The number of carbonyl (C=O) groups excluding carboxylic acids is 1. The molecule has 1 unspecified atom stereocenters. The summed E-state index contributed by atoms with van der Waals surface area (Å²) >= 11 is 0. The molecule has 1 rings (SSSR count). The number of rotatable bonds is 4. The van der Waals surface area contributed by atoms with E-state index in [-0.39, 0.29) is 18.7 Å². The van der Waals surface area contributed by atoms with Crippen LogP contribution < -0.4 is 5.32 Å². The van der Waals surface area contributed by atoms with Gasteiger partial charge in [-0.15, -0.1) is 0 Å². The van der Waals surface area contributed by atoms with E-state index in [1.54, 1.807) is 0 Å². The second kappa shape index (κ2) is 5.90. The lowest BCUT2D eigenvalue weighted by Gasteiger charge is -2.23. The highest BCUT2D eigenvalue weighted by molar-refractivity contribution is 5.70. The van der Waals surface area contributed by atoms with Crippen LogP contribution in [0.4, 0.5) is 0 Å². The van der Waals surface area contributed by atoms with E-state index >= 15 is 0 Å². The third kappa shape index (κ3) is 4.21. The fourth-order valence-electron chi connectivity index (χ4n) is 1.06.